The highest BCUT2D eigenvalue weighted by atomic mass is 16.2. The summed E-state index contributed by atoms with van der Waals surface area (Å²) < 4.78 is 0. The molecule has 1 aliphatic heterocycles. The Hall–Kier alpha value is -0.860. The standard InChI is InChI=1S/C8H13NO2/c1-3-5(2)8-6(10)4-7(11)9-8/h5,8H,3-4H2,1-2H3,(H,9,11)/t5-,8-/m1/s1. The van der Waals surface area contributed by atoms with Crippen molar-refractivity contribution < 1.29 is 9.59 Å². The van der Waals surface area contributed by atoms with Gasteiger partial charge in [-0.15, -0.1) is 0 Å². The van der Waals surface area contributed by atoms with Crippen LogP contribution in [-0.2, 0) is 9.59 Å². The van der Waals surface area contributed by atoms with Crippen molar-refractivity contribution in [1.29, 1.82) is 0 Å². The minimum Gasteiger partial charge on any atom is -0.346 e. The maximum atomic E-state index is 11.1. The largest absolute Gasteiger partial charge is 0.346 e. The summed E-state index contributed by atoms with van der Waals surface area (Å²) in [7, 11) is 0. The summed E-state index contributed by atoms with van der Waals surface area (Å²) in [5.41, 5.74) is 0. The average Bonchev–Trinajstić information content (AvgIpc) is 2.28. The lowest BCUT2D eigenvalue weighted by Crippen LogP contribution is -2.35. The highest BCUT2D eigenvalue weighted by Gasteiger charge is 2.32. The molecule has 3 heteroatoms. The third kappa shape index (κ3) is 1.59. The number of carbonyl (C=O) groups excluding carboxylic acids is 2. The van der Waals surface area contributed by atoms with Crippen molar-refractivity contribution in [1.82, 2.24) is 5.32 Å². The first kappa shape index (κ1) is 8.24. The Morgan fingerprint density at radius 1 is 1.64 bits per heavy atom. The molecule has 1 rings (SSSR count). The van der Waals surface area contributed by atoms with E-state index in [0.717, 1.165) is 6.42 Å². The molecular formula is C8H13NO2. The molecule has 2 atom stereocenters. The van der Waals surface area contributed by atoms with E-state index in [1.807, 2.05) is 13.8 Å². The number of hydrogen-bond acceptors (Lipinski definition) is 2. The third-order valence-corrected chi connectivity index (χ3v) is 2.21. The van der Waals surface area contributed by atoms with Crippen LogP contribution in [0.15, 0.2) is 0 Å². The number of hydrogen-bond donors (Lipinski definition) is 1. The van der Waals surface area contributed by atoms with Gasteiger partial charge in [0.2, 0.25) is 5.91 Å². The van der Waals surface area contributed by atoms with Gasteiger partial charge in [-0.2, -0.15) is 0 Å². The van der Waals surface area contributed by atoms with Crippen molar-refractivity contribution in [2.24, 2.45) is 5.92 Å². The lowest BCUT2D eigenvalue weighted by atomic mass is 9.97. The van der Waals surface area contributed by atoms with E-state index >= 15 is 0 Å². The SMILES string of the molecule is CC[C@@H](C)[C@H]1NC(=O)CC1=O. The second-order valence-electron chi connectivity index (χ2n) is 3.07. The number of carbonyl (C=O) groups is 2. The summed E-state index contributed by atoms with van der Waals surface area (Å²) in [4.78, 5) is 21.9. The number of rotatable bonds is 2. The molecule has 1 fully saturated rings. The maximum absolute atomic E-state index is 11.1. The molecule has 62 valence electrons. The van der Waals surface area contributed by atoms with Gasteiger partial charge in [0.25, 0.3) is 0 Å². The van der Waals surface area contributed by atoms with Crippen LogP contribution in [0.5, 0.6) is 0 Å². The molecule has 0 aromatic carbocycles. The van der Waals surface area contributed by atoms with E-state index in [2.05, 4.69) is 5.32 Å². The van der Waals surface area contributed by atoms with E-state index in [1.165, 1.54) is 0 Å². The molecular weight excluding hydrogens is 142 g/mol. The first-order chi connectivity index (χ1) is 5.15. The molecule has 11 heavy (non-hydrogen) atoms. The Labute approximate surface area is 66.2 Å². The Morgan fingerprint density at radius 2 is 2.27 bits per heavy atom. The Morgan fingerprint density at radius 3 is 2.64 bits per heavy atom. The smallest absolute Gasteiger partial charge is 0.228 e. The number of amides is 1. The molecule has 1 aliphatic rings. The highest BCUT2D eigenvalue weighted by molar-refractivity contribution is 6.07. The summed E-state index contributed by atoms with van der Waals surface area (Å²) in [5, 5.41) is 2.67. The van der Waals surface area contributed by atoms with E-state index in [-0.39, 0.29) is 30.1 Å². The quantitative estimate of drug-likeness (QED) is 0.590. The molecule has 0 unspecified atom stereocenters. The maximum Gasteiger partial charge on any atom is 0.228 e. The molecule has 1 heterocycles. The van der Waals surface area contributed by atoms with Gasteiger partial charge in [0.05, 0.1) is 12.5 Å². The van der Waals surface area contributed by atoms with Crippen LogP contribution in [-0.4, -0.2) is 17.7 Å². The molecule has 3 nitrogen and oxygen atoms in total. The van der Waals surface area contributed by atoms with Crippen molar-refractivity contribution >= 4 is 11.7 Å². The van der Waals surface area contributed by atoms with Gasteiger partial charge < -0.3 is 5.32 Å². The molecule has 0 radical (unpaired) electrons. The fraction of sp³-hybridized carbons (Fsp3) is 0.750. The first-order valence-corrected chi connectivity index (χ1v) is 3.97. The lowest BCUT2D eigenvalue weighted by molar-refractivity contribution is -0.122. The first-order valence-electron chi connectivity index (χ1n) is 3.97. The van der Waals surface area contributed by atoms with Gasteiger partial charge in [-0.3, -0.25) is 9.59 Å². The molecule has 1 amide bonds. The lowest BCUT2D eigenvalue weighted by Gasteiger charge is -2.14. The predicted molar refractivity (Wildman–Crippen MR) is 41.0 cm³/mol. The number of ketones is 1. The normalized spacial score (nSPS) is 26.9. The molecule has 0 aromatic heterocycles. The van der Waals surface area contributed by atoms with Crippen LogP contribution < -0.4 is 5.32 Å². The molecule has 0 saturated carbocycles. The van der Waals surface area contributed by atoms with Crippen LogP contribution in [0.3, 0.4) is 0 Å². The summed E-state index contributed by atoms with van der Waals surface area (Å²) >= 11 is 0. The predicted octanol–water partition coefficient (Wildman–Crippen LogP) is 0.490. The monoisotopic (exact) mass is 155 g/mol. The number of Topliss-reactive ketones (excluding diaryl/α,β-unsaturated/α-hetero) is 1. The average molecular weight is 155 g/mol. The fourth-order valence-corrected chi connectivity index (χ4v) is 1.27. The van der Waals surface area contributed by atoms with E-state index in [4.69, 9.17) is 0 Å². The van der Waals surface area contributed by atoms with Crippen LogP contribution in [0.4, 0.5) is 0 Å². The zero-order valence-corrected chi connectivity index (χ0v) is 6.89. The van der Waals surface area contributed by atoms with Crippen molar-refractivity contribution in [3.05, 3.63) is 0 Å². The van der Waals surface area contributed by atoms with Gasteiger partial charge in [0, 0.05) is 0 Å². The molecule has 0 aromatic rings. The highest BCUT2D eigenvalue weighted by Crippen LogP contribution is 2.14. The molecule has 1 N–H and O–H groups in total. The topological polar surface area (TPSA) is 46.2 Å². The van der Waals surface area contributed by atoms with Crippen LogP contribution in [0, 0.1) is 5.92 Å². The molecule has 0 aliphatic carbocycles. The Bertz CT molecular complexity index is 189. The summed E-state index contributed by atoms with van der Waals surface area (Å²) in [5.74, 6) is 0.193. The Kier molecular flexibility index (Phi) is 2.27. The van der Waals surface area contributed by atoms with Crippen molar-refractivity contribution in [2.75, 3.05) is 0 Å². The fourth-order valence-electron chi connectivity index (χ4n) is 1.27. The van der Waals surface area contributed by atoms with Gasteiger partial charge in [0.15, 0.2) is 5.78 Å². The summed E-state index contributed by atoms with van der Waals surface area (Å²) in [6, 6.07) is -0.215. The zero-order chi connectivity index (χ0) is 8.43. The molecule has 1 saturated heterocycles. The minimum absolute atomic E-state index is 0.0457. The van der Waals surface area contributed by atoms with E-state index in [9.17, 15) is 9.59 Å². The van der Waals surface area contributed by atoms with Crippen molar-refractivity contribution in [2.45, 2.75) is 32.7 Å². The van der Waals surface area contributed by atoms with Gasteiger partial charge in [0.1, 0.15) is 0 Å². The van der Waals surface area contributed by atoms with Gasteiger partial charge in [-0.25, -0.2) is 0 Å². The molecule has 0 bridgehead atoms. The Balaban J connectivity index is 2.59. The second kappa shape index (κ2) is 3.03. The van der Waals surface area contributed by atoms with Crippen LogP contribution in [0.1, 0.15) is 26.7 Å². The van der Waals surface area contributed by atoms with Crippen LogP contribution in [0.25, 0.3) is 0 Å². The van der Waals surface area contributed by atoms with E-state index in [1.54, 1.807) is 0 Å². The minimum atomic E-state index is -0.215. The second-order valence-corrected chi connectivity index (χ2v) is 3.07. The van der Waals surface area contributed by atoms with E-state index < -0.39 is 0 Å². The summed E-state index contributed by atoms with van der Waals surface area (Å²) in [6.07, 6.45) is 1.01. The van der Waals surface area contributed by atoms with Crippen LogP contribution in [0.2, 0.25) is 0 Å². The van der Waals surface area contributed by atoms with Crippen LogP contribution >= 0.6 is 0 Å². The van der Waals surface area contributed by atoms with Crippen molar-refractivity contribution in [3.8, 4) is 0 Å². The zero-order valence-electron chi connectivity index (χ0n) is 6.89. The van der Waals surface area contributed by atoms with Crippen molar-refractivity contribution in [3.63, 3.8) is 0 Å². The van der Waals surface area contributed by atoms with Gasteiger partial charge in [-0.1, -0.05) is 20.3 Å². The summed E-state index contributed by atoms with van der Waals surface area (Å²) in [6.45, 7) is 4.00. The van der Waals surface area contributed by atoms with Gasteiger partial charge in [-0.05, 0) is 5.92 Å². The number of nitrogens with one attached hydrogen (secondary N) is 1. The van der Waals surface area contributed by atoms with E-state index in [0.29, 0.717) is 0 Å². The third-order valence-electron chi connectivity index (χ3n) is 2.21. The van der Waals surface area contributed by atoms with Gasteiger partial charge >= 0.3 is 0 Å². The molecule has 0 spiro atoms.